The second kappa shape index (κ2) is 5.28. The Labute approximate surface area is 90.1 Å². The first-order valence-corrected chi connectivity index (χ1v) is 6.33. The number of thioether (sulfide) groups is 1. The van der Waals surface area contributed by atoms with Gasteiger partial charge in [-0.2, -0.15) is 11.8 Å². The van der Waals surface area contributed by atoms with Gasteiger partial charge in [0.25, 0.3) is 0 Å². The number of hydrogen-bond donors (Lipinski definition) is 1. The van der Waals surface area contributed by atoms with E-state index in [0.717, 1.165) is 12.3 Å². The predicted molar refractivity (Wildman–Crippen MR) is 62.4 cm³/mol. The molecule has 76 valence electrons. The van der Waals surface area contributed by atoms with Gasteiger partial charge in [-0.25, -0.2) is 0 Å². The number of hydrogen-bond acceptors (Lipinski definition) is 2. The lowest BCUT2D eigenvalue weighted by molar-refractivity contribution is 0.370. The number of allylic oxidation sites excluding steroid dienone is 1. The van der Waals surface area contributed by atoms with Crippen LogP contribution in [0, 0.1) is 11.8 Å². The third-order valence-electron chi connectivity index (χ3n) is 2.72. The zero-order valence-corrected chi connectivity index (χ0v) is 9.81. The highest BCUT2D eigenvalue weighted by Crippen LogP contribution is 2.34. The van der Waals surface area contributed by atoms with E-state index in [2.05, 4.69) is 26.0 Å². The molecule has 3 heteroatoms. The number of alkyl halides is 1. The molecule has 0 fully saturated rings. The van der Waals surface area contributed by atoms with Gasteiger partial charge in [0.15, 0.2) is 0 Å². The maximum atomic E-state index is 6.15. The average Bonchev–Trinajstić information content (AvgIpc) is 2.12. The maximum Gasteiger partial charge on any atom is 0.0545 e. The lowest BCUT2D eigenvalue weighted by atomic mass is 9.84. The van der Waals surface area contributed by atoms with Crippen molar-refractivity contribution in [2.75, 3.05) is 12.3 Å². The molecule has 1 rings (SSSR count). The number of nitrogens with two attached hydrogens (primary N) is 1. The van der Waals surface area contributed by atoms with E-state index in [9.17, 15) is 0 Å². The fourth-order valence-corrected chi connectivity index (χ4v) is 3.25. The van der Waals surface area contributed by atoms with Crippen LogP contribution in [-0.4, -0.2) is 22.9 Å². The van der Waals surface area contributed by atoms with Gasteiger partial charge in [0.05, 0.1) is 5.38 Å². The van der Waals surface area contributed by atoms with E-state index in [1.807, 2.05) is 11.8 Å². The van der Waals surface area contributed by atoms with Crippen LogP contribution in [0.5, 0.6) is 0 Å². The predicted octanol–water partition coefficient (Wildman–Crippen LogP) is 2.50. The van der Waals surface area contributed by atoms with Gasteiger partial charge in [-0.15, -0.1) is 11.6 Å². The summed E-state index contributed by atoms with van der Waals surface area (Å²) in [5.74, 6) is 2.18. The second-order valence-corrected chi connectivity index (χ2v) is 5.47. The lowest BCUT2D eigenvalue weighted by Crippen LogP contribution is -2.37. The first-order chi connectivity index (χ1) is 6.20. The average molecular weight is 220 g/mol. The molecule has 0 spiro atoms. The molecule has 0 aromatic rings. The molecule has 0 radical (unpaired) electrons. The van der Waals surface area contributed by atoms with Gasteiger partial charge in [0.1, 0.15) is 0 Å². The van der Waals surface area contributed by atoms with Gasteiger partial charge in [0, 0.05) is 5.25 Å². The summed E-state index contributed by atoms with van der Waals surface area (Å²) >= 11 is 8.12. The topological polar surface area (TPSA) is 26.0 Å². The summed E-state index contributed by atoms with van der Waals surface area (Å²) < 4.78 is 0. The molecule has 0 saturated heterocycles. The van der Waals surface area contributed by atoms with E-state index in [1.54, 1.807) is 0 Å². The monoisotopic (exact) mass is 219 g/mol. The van der Waals surface area contributed by atoms with Crippen molar-refractivity contribution < 1.29 is 0 Å². The molecule has 1 aliphatic rings. The van der Waals surface area contributed by atoms with Crippen LogP contribution >= 0.6 is 23.4 Å². The molecule has 1 nitrogen and oxygen atoms in total. The van der Waals surface area contributed by atoms with Crippen molar-refractivity contribution in [3.05, 3.63) is 12.2 Å². The SMILES string of the molecule is CCSC1C=CC(Cl)C(C)C1CN. The van der Waals surface area contributed by atoms with Gasteiger partial charge >= 0.3 is 0 Å². The van der Waals surface area contributed by atoms with E-state index < -0.39 is 0 Å². The van der Waals surface area contributed by atoms with Crippen molar-refractivity contribution in [2.24, 2.45) is 17.6 Å². The van der Waals surface area contributed by atoms with Crippen molar-refractivity contribution >= 4 is 23.4 Å². The van der Waals surface area contributed by atoms with Crippen LogP contribution in [-0.2, 0) is 0 Å². The lowest BCUT2D eigenvalue weighted by Gasteiger charge is -2.34. The van der Waals surface area contributed by atoms with Gasteiger partial charge in [-0.1, -0.05) is 26.0 Å². The molecule has 0 aliphatic heterocycles. The summed E-state index contributed by atoms with van der Waals surface area (Å²) in [6.07, 6.45) is 4.34. The van der Waals surface area contributed by atoms with E-state index in [4.69, 9.17) is 17.3 Å². The van der Waals surface area contributed by atoms with Crippen LogP contribution in [0.25, 0.3) is 0 Å². The fourth-order valence-electron chi connectivity index (χ4n) is 1.79. The highest BCUT2D eigenvalue weighted by atomic mass is 35.5. The molecule has 13 heavy (non-hydrogen) atoms. The Kier molecular flexibility index (Phi) is 4.63. The van der Waals surface area contributed by atoms with Crippen molar-refractivity contribution in [1.29, 1.82) is 0 Å². The molecule has 0 amide bonds. The number of rotatable bonds is 3. The minimum atomic E-state index is 0.169. The van der Waals surface area contributed by atoms with Crippen molar-refractivity contribution in [2.45, 2.75) is 24.5 Å². The minimum absolute atomic E-state index is 0.169. The van der Waals surface area contributed by atoms with Crippen LogP contribution in [0.4, 0.5) is 0 Å². The van der Waals surface area contributed by atoms with Crippen LogP contribution in [0.2, 0.25) is 0 Å². The van der Waals surface area contributed by atoms with E-state index in [0.29, 0.717) is 17.1 Å². The largest absolute Gasteiger partial charge is 0.330 e. The zero-order valence-electron chi connectivity index (χ0n) is 8.24. The zero-order chi connectivity index (χ0) is 9.84. The molecule has 2 N–H and O–H groups in total. The highest BCUT2D eigenvalue weighted by Gasteiger charge is 2.31. The molecule has 0 bridgehead atoms. The highest BCUT2D eigenvalue weighted by molar-refractivity contribution is 8.00. The summed E-state index contributed by atoms with van der Waals surface area (Å²) in [5, 5.41) is 0.738. The molecule has 0 aromatic heterocycles. The Morgan fingerprint density at radius 1 is 1.46 bits per heavy atom. The van der Waals surface area contributed by atoms with Crippen molar-refractivity contribution in [1.82, 2.24) is 0 Å². The quantitative estimate of drug-likeness (QED) is 0.583. The first-order valence-electron chi connectivity index (χ1n) is 4.84. The normalized spacial score (nSPS) is 39.4. The van der Waals surface area contributed by atoms with Crippen molar-refractivity contribution in [3.8, 4) is 0 Å². The Morgan fingerprint density at radius 2 is 2.15 bits per heavy atom. The molecule has 0 aromatic carbocycles. The molecule has 1 aliphatic carbocycles. The molecular weight excluding hydrogens is 202 g/mol. The minimum Gasteiger partial charge on any atom is -0.330 e. The third kappa shape index (κ3) is 2.64. The Balaban J connectivity index is 2.67. The van der Waals surface area contributed by atoms with Crippen LogP contribution in [0.15, 0.2) is 12.2 Å². The molecule has 0 heterocycles. The third-order valence-corrected chi connectivity index (χ3v) is 4.48. The fraction of sp³-hybridized carbons (Fsp3) is 0.800. The van der Waals surface area contributed by atoms with Gasteiger partial charge in [-0.3, -0.25) is 0 Å². The standard InChI is InChI=1S/C10H18ClNS/c1-3-13-10-5-4-9(11)7(2)8(10)6-12/h4-5,7-10H,3,6,12H2,1-2H3. The maximum absolute atomic E-state index is 6.15. The van der Waals surface area contributed by atoms with Crippen LogP contribution in [0.3, 0.4) is 0 Å². The molecule has 4 unspecified atom stereocenters. The molecule has 4 atom stereocenters. The molecular formula is C10H18ClNS. The first kappa shape index (κ1) is 11.4. The van der Waals surface area contributed by atoms with E-state index in [-0.39, 0.29) is 5.38 Å². The van der Waals surface area contributed by atoms with E-state index in [1.165, 1.54) is 0 Å². The summed E-state index contributed by atoms with van der Waals surface area (Å²) in [6, 6.07) is 0. The Bertz CT molecular complexity index is 184. The smallest absolute Gasteiger partial charge is 0.0545 e. The summed E-state index contributed by atoms with van der Waals surface area (Å²) in [5.41, 5.74) is 5.77. The van der Waals surface area contributed by atoms with Gasteiger partial charge in [0.2, 0.25) is 0 Å². The molecule has 0 saturated carbocycles. The van der Waals surface area contributed by atoms with Gasteiger partial charge in [-0.05, 0) is 24.1 Å². The summed E-state index contributed by atoms with van der Waals surface area (Å²) in [4.78, 5) is 0. The number of halogens is 1. The Morgan fingerprint density at radius 3 is 2.69 bits per heavy atom. The van der Waals surface area contributed by atoms with Crippen molar-refractivity contribution in [3.63, 3.8) is 0 Å². The van der Waals surface area contributed by atoms with E-state index >= 15 is 0 Å². The van der Waals surface area contributed by atoms with Crippen LogP contribution < -0.4 is 5.73 Å². The summed E-state index contributed by atoms with van der Waals surface area (Å²) in [7, 11) is 0. The Hall–Kier alpha value is 0.340. The summed E-state index contributed by atoms with van der Waals surface area (Å²) in [6.45, 7) is 5.12. The van der Waals surface area contributed by atoms with Gasteiger partial charge < -0.3 is 5.73 Å². The van der Waals surface area contributed by atoms with Crippen LogP contribution in [0.1, 0.15) is 13.8 Å². The second-order valence-electron chi connectivity index (χ2n) is 3.51.